The van der Waals surface area contributed by atoms with Crippen molar-refractivity contribution >= 4 is 0 Å². The number of hydrogen-bond donors (Lipinski definition) is 0. The number of benzene rings is 1. The lowest BCUT2D eigenvalue weighted by atomic mass is 9.59. The molecule has 0 unspecified atom stereocenters. The van der Waals surface area contributed by atoms with E-state index in [-0.39, 0.29) is 27.6 Å². The maximum Gasteiger partial charge on any atom is 0.163 e. The molecule has 0 bridgehead atoms. The lowest BCUT2D eigenvalue weighted by Gasteiger charge is -2.44. The third-order valence-corrected chi connectivity index (χ3v) is 7.76. The summed E-state index contributed by atoms with van der Waals surface area (Å²) in [5.74, 6) is 0.327. The average Bonchev–Trinajstić information content (AvgIpc) is 2.87. The van der Waals surface area contributed by atoms with E-state index in [4.69, 9.17) is 10.5 Å². The van der Waals surface area contributed by atoms with Crippen molar-refractivity contribution in [2.75, 3.05) is 0 Å². The zero-order chi connectivity index (χ0) is 22.6. The number of nitrogens with zero attached hydrogens (tertiary/aromatic N) is 5. The molecule has 0 aliphatic heterocycles. The molecule has 2 heterocycles. The van der Waals surface area contributed by atoms with Crippen LogP contribution in [0.15, 0.2) is 42.6 Å². The average molecular weight is 408 g/mol. The zero-order valence-corrected chi connectivity index (χ0v) is 18.8. The fraction of sp³-hybridized carbons (Fsp3) is 0.346. The first-order valence-corrected chi connectivity index (χ1v) is 10.3. The Labute approximate surface area is 183 Å². The molecule has 3 aromatic rings. The predicted octanol–water partition coefficient (Wildman–Crippen LogP) is 5.54. The van der Waals surface area contributed by atoms with Crippen LogP contribution >= 0.6 is 0 Å². The second-order valence-corrected chi connectivity index (χ2v) is 9.75. The Morgan fingerprint density at radius 1 is 0.710 bits per heavy atom. The summed E-state index contributed by atoms with van der Waals surface area (Å²) < 4.78 is 0. The molecule has 0 atom stereocenters. The minimum atomic E-state index is 0.0288. The normalized spacial score (nSPS) is 17.4. The Hall–Kier alpha value is -3.57. The van der Waals surface area contributed by atoms with E-state index in [0.29, 0.717) is 11.4 Å². The SMILES string of the molecule is CC1(C)c2ccc(-c3ccc(-c4nc(C#N)cc(C#N)n4)cn3)cc2C(C)(C)C1(C)C. The summed E-state index contributed by atoms with van der Waals surface area (Å²) >= 11 is 0. The molecule has 154 valence electrons. The van der Waals surface area contributed by atoms with Crippen molar-refractivity contribution in [3.05, 3.63) is 65.1 Å². The standard InChI is InChI=1S/C26H25N5/c1-24(2)20-9-7-16(11-21(20)25(3,4)26(24,5)6)22-10-8-17(15-29-22)23-30-18(13-27)12-19(14-28)31-23/h7-12,15H,1-6H3. The van der Waals surface area contributed by atoms with Gasteiger partial charge in [-0.2, -0.15) is 10.5 Å². The molecule has 1 aromatic carbocycles. The molecule has 0 saturated heterocycles. The summed E-state index contributed by atoms with van der Waals surface area (Å²) in [6.45, 7) is 14.0. The zero-order valence-electron chi connectivity index (χ0n) is 18.8. The highest BCUT2D eigenvalue weighted by atomic mass is 14.9. The minimum Gasteiger partial charge on any atom is -0.255 e. The monoisotopic (exact) mass is 407 g/mol. The molecular weight excluding hydrogens is 382 g/mol. The van der Waals surface area contributed by atoms with Crippen LogP contribution in [0.25, 0.3) is 22.6 Å². The first kappa shape index (κ1) is 20.7. The molecule has 1 aliphatic carbocycles. The Morgan fingerprint density at radius 2 is 1.29 bits per heavy atom. The van der Waals surface area contributed by atoms with E-state index < -0.39 is 0 Å². The Kier molecular flexibility index (Phi) is 4.49. The van der Waals surface area contributed by atoms with Crippen LogP contribution in [-0.2, 0) is 10.8 Å². The number of aromatic nitrogens is 3. The number of hydrogen-bond acceptors (Lipinski definition) is 5. The Morgan fingerprint density at radius 3 is 1.84 bits per heavy atom. The summed E-state index contributed by atoms with van der Waals surface area (Å²) in [5.41, 5.74) is 5.90. The van der Waals surface area contributed by atoms with E-state index in [1.165, 1.54) is 17.2 Å². The summed E-state index contributed by atoms with van der Waals surface area (Å²) in [7, 11) is 0. The van der Waals surface area contributed by atoms with Crippen molar-refractivity contribution < 1.29 is 0 Å². The van der Waals surface area contributed by atoms with Crippen LogP contribution < -0.4 is 0 Å². The number of nitriles is 2. The van der Waals surface area contributed by atoms with E-state index in [9.17, 15) is 0 Å². The third-order valence-electron chi connectivity index (χ3n) is 7.76. The van der Waals surface area contributed by atoms with Gasteiger partial charge in [-0.25, -0.2) is 9.97 Å². The van der Waals surface area contributed by atoms with Gasteiger partial charge in [0.1, 0.15) is 23.5 Å². The maximum atomic E-state index is 9.15. The highest BCUT2D eigenvalue weighted by Crippen LogP contribution is 2.61. The van der Waals surface area contributed by atoms with E-state index >= 15 is 0 Å². The molecule has 5 heteroatoms. The van der Waals surface area contributed by atoms with Gasteiger partial charge in [0.15, 0.2) is 5.82 Å². The van der Waals surface area contributed by atoms with Gasteiger partial charge in [-0.15, -0.1) is 0 Å². The van der Waals surface area contributed by atoms with Crippen LogP contribution in [0, 0.1) is 28.1 Å². The highest BCUT2D eigenvalue weighted by molar-refractivity contribution is 5.67. The molecule has 2 aromatic heterocycles. The van der Waals surface area contributed by atoms with Gasteiger partial charge in [0.25, 0.3) is 0 Å². The largest absolute Gasteiger partial charge is 0.255 e. The van der Waals surface area contributed by atoms with Gasteiger partial charge in [-0.3, -0.25) is 4.98 Å². The highest BCUT2D eigenvalue weighted by Gasteiger charge is 2.56. The van der Waals surface area contributed by atoms with Gasteiger partial charge >= 0.3 is 0 Å². The molecule has 0 radical (unpaired) electrons. The van der Waals surface area contributed by atoms with Crippen molar-refractivity contribution in [2.24, 2.45) is 5.41 Å². The summed E-state index contributed by atoms with van der Waals surface area (Å²) in [6.07, 6.45) is 1.69. The fourth-order valence-corrected chi connectivity index (χ4v) is 4.61. The molecule has 0 spiro atoms. The maximum absolute atomic E-state index is 9.15. The lowest BCUT2D eigenvalue weighted by Crippen LogP contribution is -2.42. The van der Waals surface area contributed by atoms with Gasteiger partial charge in [0.2, 0.25) is 0 Å². The van der Waals surface area contributed by atoms with Gasteiger partial charge in [-0.05, 0) is 45.6 Å². The van der Waals surface area contributed by atoms with Crippen LogP contribution in [0.2, 0.25) is 0 Å². The van der Waals surface area contributed by atoms with Crippen molar-refractivity contribution in [1.29, 1.82) is 10.5 Å². The second-order valence-electron chi connectivity index (χ2n) is 9.75. The molecule has 0 saturated carbocycles. The smallest absolute Gasteiger partial charge is 0.163 e. The summed E-state index contributed by atoms with van der Waals surface area (Å²) in [5, 5.41) is 18.3. The van der Waals surface area contributed by atoms with Crippen LogP contribution in [0.5, 0.6) is 0 Å². The molecule has 0 N–H and O–H groups in total. The quantitative estimate of drug-likeness (QED) is 0.556. The molecule has 1 aliphatic rings. The van der Waals surface area contributed by atoms with Gasteiger partial charge in [0, 0.05) is 23.4 Å². The van der Waals surface area contributed by atoms with Crippen LogP contribution in [0.1, 0.15) is 64.1 Å². The number of fused-ring (bicyclic) bond motifs is 1. The second kappa shape index (κ2) is 6.72. The van der Waals surface area contributed by atoms with Crippen LogP contribution in [0.4, 0.5) is 0 Å². The summed E-state index contributed by atoms with van der Waals surface area (Å²) in [4.78, 5) is 13.1. The van der Waals surface area contributed by atoms with Crippen molar-refractivity contribution in [3.8, 4) is 34.8 Å². The fourth-order valence-electron chi connectivity index (χ4n) is 4.61. The molecule has 4 rings (SSSR count). The van der Waals surface area contributed by atoms with Gasteiger partial charge in [-0.1, -0.05) is 53.7 Å². The first-order valence-electron chi connectivity index (χ1n) is 10.3. The molecular formula is C26H25N5. The molecule has 0 amide bonds. The Balaban J connectivity index is 1.75. The topological polar surface area (TPSA) is 86.2 Å². The predicted molar refractivity (Wildman–Crippen MR) is 120 cm³/mol. The van der Waals surface area contributed by atoms with Gasteiger partial charge < -0.3 is 0 Å². The van der Waals surface area contributed by atoms with Crippen LogP contribution in [-0.4, -0.2) is 15.0 Å². The van der Waals surface area contributed by atoms with E-state index in [1.54, 1.807) is 6.20 Å². The summed E-state index contributed by atoms with van der Waals surface area (Å²) in [6, 6.07) is 15.8. The van der Waals surface area contributed by atoms with Crippen molar-refractivity contribution in [2.45, 2.75) is 52.4 Å². The molecule has 0 fully saturated rings. The van der Waals surface area contributed by atoms with E-state index in [2.05, 4.69) is 74.7 Å². The number of pyridine rings is 1. The van der Waals surface area contributed by atoms with Crippen LogP contribution in [0.3, 0.4) is 0 Å². The molecule has 5 nitrogen and oxygen atoms in total. The molecule has 31 heavy (non-hydrogen) atoms. The Bertz CT molecular complexity index is 1240. The first-order chi connectivity index (χ1) is 14.5. The lowest BCUT2D eigenvalue weighted by molar-refractivity contribution is 0.125. The third kappa shape index (κ3) is 2.93. The van der Waals surface area contributed by atoms with Crippen molar-refractivity contribution in [3.63, 3.8) is 0 Å². The van der Waals surface area contributed by atoms with E-state index in [0.717, 1.165) is 11.3 Å². The number of rotatable bonds is 2. The van der Waals surface area contributed by atoms with E-state index in [1.807, 2.05) is 24.3 Å². The van der Waals surface area contributed by atoms with Gasteiger partial charge in [0.05, 0.1) is 5.69 Å². The van der Waals surface area contributed by atoms with Crippen molar-refractivity contribution in [1.82, 2.24) is 15.0 Å². The minimum absolute atomic E-state index is 0.0288.